The van der Waals surface area contributed by atoms with Gasteiger partial charge >= 0.3 is 0 Å². The number of aryl methyl sites for hydroxylation is 1. The molecular weight excluding hydrogens is 402 g/mol. The van der Waals surface area contributed by atoms with E-state index in [1.165, 1.54) is 0 Å². The van der Waals surface area contributed by atoms with Crippen LogP contribution in [0.2, 0.25) is 0 Å². The van der Waals surface area contributed by atoms with Gasteiger partial charge in [-0.05, 0) is 75.1 Å². The number of nitrogens with one attached hydrogen (secondary N) is 1. The van der Waals surface area contributed by atoms with E-state index in [1.54, 1.807) is 0 Å². The lowest BCUT2D eigenvalue weighted by atomic mass is 10.1. The molecule has 3 rings (SSSR count). The van der Waals surface area contributed by atoms with Gasteiger partial charge in [0.15, 0.2) is 5.75 Å². The quantitative estimate of drug-likeness (QED) is 0.429. The molecule has 0 saturated heterocycles. The van der Waals surface area contributed by atoms with Gasteiger partial charge in [0.2, 0.25) is 5.91 Å². The summed E-state index contributed by atoms with van der Waals surface area (Å²) in [4.78, 5) is 12.7. The Kier molecular flexibility index (Phi) is 7.92. The van der Waals surface area contributed by atoms with Gasteiger partial charge in [-0.2, -0.15) is 5.10 Å². The van der Waals surface area contributed by atoms with Crippen molar-refractivity contribution in [1.29, 1.82) is 0 Å². The summed E-state index contributed by atoms with van der Waals surface area (Å²) in [6, 6.07) is 14.9. The Morgan fingerprint density at radius 2 is 1.75 bits per heavy atom. The third kappa shape index (κ3) is 6.13. The van der Waals surface area contributed by atoms with Crippen LogP contribution in [0.3, 0.4) is 0 Å². The van der Waals surface area contributed by atoms with Crippen molar-refractivity contribution >= 4 is 11.6 Å². The number of para-hydroxylation sites is 2. The molecule has 0 bridgehead atoms. The Bertz CT molecular complexity index is 1040. The van der Waals surface area contributed by atoms with Gasteiger partial charge in [-0.3, -0.25) is 9.48 Å². The molecule has 0 aliphatic carbocycles. The monoisotopic (exact) mass is 435 g/mol. The maximum Gasteiger partial charge on any atom is 0.224 e. The smallest absolute Gasteiger partial charge is 0.224 e. The summed E-state index contributed by atoms with van der Waals surface area (Å²) in [5, 5.41) is 7.64. The van der Waals surface area contributed by atoms with Gasteiger partial charge in [0.25, 0.3) is 0 Å². The van der Waals surface area contributed by atoms with Crippen LogP contribution in [0.25, 0.3) is 0 Å². The molecule has 0 aliphatic rings. The van der Waals surface area contributed by atoms with Crippen molar-refractivity contribution in [1.82, 2.24) is 9.78 Å². The van der Waals surface area contributed by atoms with E-state index in [2.05, 4.69) is 31.2 Å². The van der Waals surface area contributed by atoms with Crippen molar-refractivity contribution in [2.24, 2.45) is 5.92 Å². The number of hydrogen-bond donors (Lipinski definition) is 1. The Balaban J connectivity index is 1.63. The molecule has 0 saturated carbocycles. The van der Waals surface area contributed by atoms with Crippen molar-refractivity contribution in [2.75, 3.05) is 11.9 Å². The molecule has 6 heteroatoms. The molecule has 1 amide bonds. The van der Waals surface area contributed by atoms with Crippen LogP contribution in [0.1, 0.15) is 44.1 Å². The molecule has 6 nitrogen and oxygen atoms in total. The van der Waals surface area contributed by atoms with Crippen LogP contribution < -0.4 is 14.8 Å². The topological polar surface area (TPSA) is 65.4 Å². The van der Waals surface area contributed by atoms with E-state index in [0.717, 1.165) is 29.2 Å². The van der Waals surface area contributed by atoms with Gasteiger partial charge in [0.1, 0.15) is 11.5 Å². The molecule has 2 aromatic carbocycles. The number of aromatic nitrogens is 2. The number of benzene rings is 2. The Hall–Kier alpha value is -3.28. The van der Waals surface area contributed by atoms with Crippen LogP contribution in [0.4, 0.5) is 5.69 Å². The largest absolute Gasteiger partial charge is 0.494 e. The number of anilines is 1. The summed E-state index contributed by atoms with van der Waals surface area (Å²) in [6.07, 6.45) is 1.04. The number of ether oxygens (including phenoxy) is 2. The van der Waals surface area contributed by atoms with Crippen molar-refractivity contribution < 1.29 is 14.3 Å². The van der Waals surface area contributed by atoms with E-state index in [9.17, 15) is 4.79 Å². The Labute approximate surface area is 190 Å². The fourth-order valence-electron chi connectivity index (χ4n) is 3.63. The second kappa shape index (κ2) is 10.8. The third-order valence-corrected chi connectivity index (χ3v) is 5.20. The lowest BCUT2D eigenvalue weighted by molar-refractivity contribution is -0.116. The SMILES string of the molecule is CCOc1ccc(Oc2ccccc2NC(=O)CCc2c(C)nn(CC(C)C)c2C)cc1. The fraction of sp³-hybridized carbons (Fsp3) is 0.385. The molecule has 0 fully saturated rings. The zero-order valence-corrected chi connectivity index (χ0v) is 19.6. The molecule has 1 aromatic heterocycles. The number of amides is 1. The normalized spacial score (nSPS) is 10.9. The number of carbonyl (C=O) groups excluding carboxylic acids is 1. The lowest BCUT2D eigenvalue weighted by Gasteiger charge is -2.13. The predicted molar refractivity (Wildman–Crippen MR) is 128 cm³/mol. The van der Waals surface area contributed by atoms with Crippen LogP contribution in [-0.4, -0.2) is 22.3 Å². The van der Waals surface area contributed by atoms with Crippen LogP contribution in [-0.2, 0) is 17.8 Å². The number of rotatable bonds is 10. The molecule has 0 aliphatic heterocycles. The van der Waals surface area contributed by atoms with Gasteiger partial charge in [0, 0.05) is 18.7 Å². The fourth-order valence-corrected chi connectivity index (χ4v) is 3.63. The van der Waals surface area contributed by atoms with E-state index < -0.39 is 0 Å². The highest BCUT2D eigenvalue weighted by atomic mass is 16.5. The molecule has 3 aromatic rings. The average Bonchev–Trinajstić information content (AvgIpc) is 3.01. The Morgan fingerprint density at radius 1 is 1.06 bits per heavy atom. The van der Waals surface area contributed by atoms with Gasteiger partial charge in [-0.1, -0.05) is 26.0 Å². The van der Waals surface area contributed by atoms with E-state index >= 15 is 0 Å². The van der Waals surface area contributed by atoms with E-state index in [0.29, 0.717) is 42.6 Å². The molecule has 0 atom stereocenters. The van der Waals surface area contributed by atoms with Crippen molar-refractivity contribution in [2.45, 2.75) is 54.0 Å². The van der Waals surface area contributed by atoms with Crippen molar-refractivity contribution in [3.05, 3.63) is 65.5 Å². The predicted octanol–water partition coefficient (Wildman–Crippen LogP) is 5.92. The highest BCUT2D eigenvalue weighted by molar-refractivity contribution is 5.92. The molecule has 1 N–H and O–H groups in total. The van der Waals surface area contributed by atoms with Crippen molar-refractivity contribution in [3.63, 3.8) is 0 Å². The second-order valence-electron chi connectivity index (χ2n) is 8.28. The number of carbonyl (C=O) groups is 1. The minimum absolute atomic E-state index is 0.0526. The maximum absolute atomic E-state index is 12.7. The first-order valence-electron chi connectivity index (χ1n) is 11.2. The number of nitrogens with zero attached hydrogens (tertiary/aromatic N) is 2. The van der Waals surface area contributed by atoms with Gasteiger partial charge in [0.05, 0.1) is 18.0 Å². The number of hydrogen-bond acceptors (Lipinski definition) is 4. The summed E-state index contributed by atoms with van der Waals surface area (Å²) >= 11 is 0. The molecule has 1 heterocycles. The molecule has 0 spiro atoms. The van der Waals surface area contributed by atoms with Crippen LogP contribution in [0.5, 0.6) is 17.2 Å². The molecular formula is C26H33N3O3. The summed E-state index contributed by atoms with van der Waals surface area (Å²) in [5.41, 5.74) is 3.94. The summed E-state index contributed by atoms with van der Waals surface area (Å²) in [7, 11) is 0. The van der Waals surface area contributed by atoms with Gasteiger partial charge in [-0.15, -0.1) is 0 Å². The average molecular weight is 436 g/mol. The summed E-state index contributed by atoms with van der Waals surface area (Å²) in [6.45, 7) is 11.9. The lowest BCUT2D eigenvalue weighted by Crippen LogP contribution is -2.13. The third-order valence-electron chi connectivity index (χ3n) is 5.20. The molecule has 0 radical (unpaired) electrons. The van der Waals surface area contributed by atoms with E-state index in [4.69, 9.17) is 9.47 Å². The van der Waals surface area contributed by atoms with E-state index in [-0.39, 0.29) is 5.91 Å². The van der Waals surface area contributed by atoms with Gasteiger partial charge in [-0.25, -0.2) is 0 Å². The second-order valence-corrected chi connectivity index (χ2v) is 8.28. The highest BCUT2D eigenvalue weighted by Gasteiger charge is 2.15. The van der Waals surface area contributed by atoms with Gasteiger partial charge < -0.3 is 14.8 Å². The summed E-state index contributed by atoms with van der Waals surface area (Å²) in [5.74, 6) is 2.55. The molecule has 32 heavy (non-hydrogen) atoms. The minimum Gasteiger partial charge on any atom is -0.494 e. The first kappa shape index (κ1) is 23.4. The highest BCUT2D eigenvalue weighted by Crippen LogP contribution is 2.30. The van der Waals surface area contributed by atoms with Crippen LogP contribution in [0, 0.1) is 19.8 Å². The van der Waals surface area contributed by atoms with Crippen molar-refractivity contribution in [3.8, 4) is 17.2 Å². The first-order chi connectivity index (χ1) is 15.4. The standard InChI is InChI=1S/C26H33N3O3/c1-6-31-21-11-13-22(14-12-21)32-25-10-8-7-9-24(25)27-26(30)16-15-23-19(4)28-29(20(23)5)17-18(2)3/h7-14,18H,6,15-17H2,1-5H3,(H,27,30). The molecule has 170 valence electrons. The minimum atomic E-state index is -0.0526. The molecule has 0 unspecified atom stereocenters. The maximum atomic E-state index is 12.7. The van der Waals surface area contributed by atoms with E-state index in [1.807, 2.05) is 67.1 Å². The van der Waals surface area contributed by atoms with Crippen LogP contribution >= 0.6 is 0 Å². The summed E-state index contributed by atoms with van der Waals surface area (Å²) < 4.78 is 13.5. The first-order valence-corrected chi connectivity index (χ1v) is 11.2. The zero-order valence-electron chi connectivity index (χ0n) is 19.6. The van der Waals surface area contributed by atoms with Crippen LogP contribution in [0.15, 0.2) is 48.5 Å². The zero-order chi connectivity index (χ0) is 23.1. The Morgan fingerprint density at radius 3 is 2.44 bits per heavy atom.